The Morgan fingerprint density at radius 1 is 1.41 bits per heavy atom. The zero-order valence-electron chi connectivity index (χ0n) is 13.5. The Kier molecular flexibility index (Phi) is 4.76. The predicted molar refractivity (Wildman–Crippen MR) is 90.9 cm³/mol. The van der Waals surface area contributed by atoms with E-state index in [1.807, 2.05) is 12.1 Å². The van der Waals surface area contributed by atoms with Crippen LogP contribution in [-0.2, 0) is 0 Å². The molecular weight excluding hydrogens is 297 g/mol. The fraction of sp³-hybridized carbons (Fsp3) is 0.588. The Labute approximate surface area is 135 Å². The molecule has 1 aromatic heterocycles. The lowest BCUT2D eigenvalue weighted by Crippen LogP contribution is -2.56. The molecule has 5 heteroatoms. The van der Waals surface area contributed by atoms with E-state index in [9.17, 15) is 4.39 Å². The van der Waals surface area contributed by atoms with Gasteiger partial charge in [0.25, 0.3) is 0 Å². The van der Waals surface area contributed by atoms with E-state index in [0.717, 1.165) is 37.0 Å². The molecule has 1 aromatic carbocycles. The Morgan fingerprint density at radius 3 is 2.95 bits per heavy atom. The molecule has 3 nitrogen and oxygen atoms in total. The number of fused-ring (bicyclic) bond motifs is 1. The molecule has 1 aliphatic rings. The summed E-state index contributed by atoms with van der Waals surface area (Å²) >= 11 is 1.39. The summed E-state index contributed by atoms with van der Waals surface area (Å²) in [6, 6.07) is 4.92. The SMILES string of the molecule is CC[C@H]1CN(C(C)c2ccc3ncsc3c2F)[C@H](CC)CN1. The molecule has 0 saturated carbocycles. The van der Waals surface area contributed by atoms with Crippen LogP contribution in [-0.4, -0.2) is 35.1 Å². The van der Waals surface area contributed by atoms with Crippen molar-refractivity contribution < 1.29 is 4.39 Å². The molecule has 120 valence electrons. The number of aromatic nitrogens is 1. The maximum Gasteiger partial charge on any atom is 0.147 e. The van der Waals surface area contributed by atoms with E-state index in [1.165, 1.54) is 11.3 Å². The molecule has 3 rings (SSSR count). The first kappa shape index (κ1) is 15.8. The molecule has 0 radical (unpaired) electrons. The van der Waals surface area contributed by atoms with Crippen LogP contribution in [0.4, 0.5) is 4.39 Å². The quantitative estimate of drug-likeness (QED) is 0.924. The second-order valence-electron chi connectivity index (χ2n) is 6.12. The van der Waals surface area contributed by atoms with E-state index < -0.39 is 0 Å². The summed E-state index contributed by atoms with van der Waals surface area (Å²) in [5, 5.41) is 3.60. The Hall–Kier alpha value is -1.04. The van der Waals surface area contributed by atoms with E-state index in [2.05, 4.69) is 36.0 Å². The molecule has 1 fully saturated rings. The monoisotopic (exact) mass is 321 g/mol. The molecule has 22 heavy (non-hydrogen) atoms. The number of hydrogen-bond donors (Lipinski definition) is 1. The summed E-state index contributed by atoms with van der Waals surface area (Å²) < 4.78 is 15.5. The Bertz CT molecular complexity index is 642. The number of nitrogens with zero attached hydrogens (tertiary/aromatic N) is 2. The van der Waals surface area contributed by atoms with Gasteiger partial charge in [0.15, 0.2) is 0 Å². The third-order valence-electron chi connectivity index (χ3n) is 4.92. The normalized spacial score (nSPS) is 24.7. The van der Waals surface area contributed by atoms with Crippen LogP contribution in [0.25, 0.3) is 10.2 Å². The van der Waals surface area contributed by atoms with Gasteiger partial charge in [0, 0.05) is 36.8 Å². The summed E-state index contributed by atoms with van der Waals surface area (Å²) in [6.45, 7) is 8.52. The van der Waals surface area contributed by atoms with Gasteiger partial charge in [-0.05, 0) is 25.8 Å². The summed E-state index contributed by atoms with van der Waals surface area (Å²) in [4.78, 5) is 6.67. The maximum atomic E-state index is 14.8. The van der Waals surface area contributed by atoms with Crippen LogP contribution in [0.15, 0.2) is 17.6 Å². The van der Waals surface area contributed by atoms with E-state index in [4.69, 9.17) is 0 Å². The van der Waals surface area contributed by atoms with Crippen molar-refractivity contribution in [2.45, 2.75) is 51.7 Å². The number of hydrogen-bond acceptors (Lipinski definition) is 4. The van der Waals surface area contributed by atoms with Crippen molar-refractivity contribution in [3.63, 3.8) is 0 Å². The smallest absolute Gasteiger partial charge is 0.147 e. The lowest BCUT2D eigenvalue weighted by Gasteiger charge is -2.43. The van der Waals surface area contributed by atoms with Crippen LogP contribution >= 0.6 is 11.3 Å². The van der Waals surface area contributed by atoms with E-state index in [1.54, 1.807) is 5.51 Å². The molecule has 1 N–H and O–H groups in total. The summed E-state index contributed by atoms with van der Waals surface area (Å²) in [5.41, 5.74) is 3.28. The first-order valence-electron chi connectivity index (χ1n) is 8.16. The van der Waals surface area contributed by atoms with Crippen LogP contribution in [0.2, 0.25) is 0 Å². The highest BCUT2D eigenvalue weighted by Crippen LogP contribution is 2.32. The Balaban J connectivity index is 1.92. The van der Waals surface area contributed by atoms with Gasteiger partial charge in [0.05, 0.1) is 15.7 Å². The third kappa shape index (κ3) is 2.77. The highest BCUT2D eigenvalue weighted by atomic mass is 32.1. The van der Waals surface area contributed by atoms with Crippen molar-refractivity contribution in [3.8, 4) is 0 Å². The molecule has 0 amide bonds. The lowest BCUT2D eigenvalue weighted by molar-refractivity contribution is 0.0835. The van der Waals surface area contributed by atoms with Crippen LogP contribution in [0.1, 0.15) is 45.2 Å². The molecule has 0 spiro atoms. The second-order valence-corrected chi connectivity index (χ2v) is 6.97. The zero-order chi connectivity index (χ0) is 15.7. The zero-order valence-corrected chi connectivity index (χ0v) is 14.3. The van der Waals surface area contributed by atoms with Crippen molar-refractivity contribution in [1.29, 1.82) is 0 Å². The van der Waals surface area contributed by atoms with Gasteiger partial charge >= 0.3 is 0 Å². The minimum atomic E-state index is -0.0889. The van der Waals surface area contributed by atoms with Crippen LogP contribution < -0.4 is 5.32 Å². The summed E-state index contributed by atoms with van der Waals surface area (Å²) in [5.74, 6) is -0.0889. The average Bonchev–Trinajstić information content (AvgIpc) is 3.03. The van der Waals surface area contributed by atoms with Crippen LogP contribution in [0.5, 0.6) is 0 Å². The first-order chi connectivity index (χ1) is 10.7. The number of piperazine rings is 1. The van der Waals surface area contributed by atoms with Gasteiger partial charge in [-0.1, -0.05) is 19.9 Å². The highest BCUT2D eigenvalue weighted by molar-refractivity contribution is 7.16. The topological polar surface area (TPSA) is 28.2 Å². The molecule has 3 atom stereocenters. The van der Waals surface area contributed by atoms with Gasteiger partial charge in [-0.15, -0.1) is 11.3 Å². The molecular formula is C17H24FN3S. The van der Waals surface area contributed by atoms with Gasteiger partial charge in [-0.2, -0.15) is 0 Å². The first-order valence-corrected chi connectivity index (χ1v) is 9.04. The standard InChI is InChI=1S/C17H24FN3S/c1-4-12-9-21(13(5-2)8-19-12)11(3)14-6-7-15-17(16(14)18)22-10-20-15/h6-7,10-13,19H,4-5,8-9H2,1-3H3/t11?,12-,13+/m0/s1. The molecule has 1 aliphatic heterocycles. The number of benzene rings is 1. The number of nitrogens with one attached hydrogen (secondary N) is 1. The highest BCUT2D eigenvalue weighted by Gasteiger charge is 2.31. The number of halogens is 1. The maximum absolute atomic E-state index is 14.8. The minimum absolute atomic E-state index is 0.0889. The number of thiazole rings is 1. The second kappa shape index (κ2) is 6.60. The van der Waals surface area contributed by atoms with Crippen molar-refractivity contribution in [2.75, 3.05) is 13.1 Å². The van der Waals surface area contributed by atoms with Crippen LogP contribution in [0, 0.1) is 5.82 Å². The summed E-state index contributed by atoms with van der Waals surface area (Å²) in [6.07, 6.45) is 2.19. The fourth-order valence-corrected chi connectivity index (χ4v) is 4.16. The summed E-state index contributed by atoms with van der Waals surface area (Å²) in [7, 11) is 0. The van der Waals surface area contributed by atoms with Gasteiger partial charge in [-0.25, -0.2) is 9.37 Å². The number of rotatable bonds is 4. The van der Waals surface area contributed by atoms with E-state index in [0.29, 0.717) is 16.8 Å². The minimum Gasteiger partial charge on any atom is -0.311 e. The van der Waals surface area contributed by atoms with Gasteiger partial charge in [0.2, 0.25) is 0 Å². The molecule has 0 bridgehead atoms. The van der Waals surface area contributed by atoms with E-state index >= 15 is 0 Å². The van der Waals surface area contributed by atoms with Crippen LogP contribution in [0.3, 0.4) is 0 Å². The van der Waals surface area contributed by atoms with Crippen molar-refractivity contribution in [3.05, 3.63) is 29.0 Å². The molecule has 2 aromatic rings. The average molecular weight is 321 g/mol. The lowest BCUT2D eigenvalue weighted by atomic mass is 9.98. The molecule has 1 saturated heterocycles. The van der Waals surface area contributed by atoms with Gasteiger partial charge < -0.3 is 5.32 Å². The predicted octanol–water partition coefficient (Wildman–Crippen LogP) is 3.96. The fourth-order valence-electron chi connectivity index (χ4n) is 3.43. The largest absolute Gasteiger partial charge is 0.311 e. The molecule has 0 aliphatic carbocycles. The van der Waals surface area contributed by atoms with Crippen molar-refractivity contribution in [2.24, 2.45) is 0 Å². The van der Waals surface area contributed by atoms with Crippen molar-refractivity contribution >= 4 is 21.6 Å². The molecule has 1 unspecified atom stereocenters. The van der Waals surface area contributed by atoms with E-state index in [-0.39, 0.29) is 11.9 Å². The van der Waals surface area contributed by atoms with Crippen molar-refractivity contribution in [1.82, 2.24) is 15.2 Å². The van der Waals surface area contributed by atoms with Gasteiger partial charge in [-0.3, -0.25) is 4.90 Å². The molecule has 2 heterocycles. The third-order valence-corrected chi connectivity index (χ3v) is 5.76. The van der Waals surface area contributed by atoms with Gasteiger partial charge in [0.1, 0.15) is 5.82 Å². The Morgan fingerprint density at radius 2 is 2.23 bits per heavy atom.